The number of piperazine rings is 1. The first-order valence-corrected chi connectivity index (χ1v) is 8.43. The summed E-state index contributed by atoms with van der Waals surface area (Å²) < 4.78 is 31.7. The van der Waals surface area contributed by atoms with Gasteiger partial charge in [-0.15, -0.1) is 0 Å². The van der Waals surface area contributed by atoms with Crippen LogP contribution in [0.3, 0.4) is 0 Å². The van der Waals surface area contributed by atoms with Crippen LogP contribution in [0.25, 0.3) is 0 Å². The lowest BCUT2D eigenvalue weighted by atomic mass is 10.1. The van der Waals surface area contributed by atoms with Crippen molar-refractivity contribution in [3.63, 3.8) is 0 Å². The molecule has 1 aromatic heterocycles. The summed E-state index contributed by atoms with van der Waals surface area (Å²) in [6.45, 7) is 9.29. The van der Waals surface area contributed by atoms with Crippen LogP contribution >= 0.6 is 0 Å². The second kappa shape index (κ2) is 5.68. The summed E-state index contributed by atoms with van der Waals surface area (Å²) >= 11 is 0. The highest BCUT2D eigenvalue weighted by Crippen LogP contribution is 2.24. The van der Waals surface area contributed by atoms with Gasteiger partial charge in [-0.3, -0.25) is 4.90 Å². The van der Waals surface area contributed by atoms with Crippen molar-refractivity contribution < 1.29 is 18.0 Å². The van der Waals surface area contributed by atoms with E-state index in [1.807, 2.05) is 0 Å². The van der Waals surface area contributed by atoms with Crippen LogP contribution in [0.15, 0.2) is 9.42 Å². The lowest BCUT2D eigenvalue weighted by Crippen LogP contribution is -2.51. The lowest BCUT2D eigenvalue weighted by Gasteiger charge is -2.36. The summed E-state index contributed by atoms with van der Waals surface area (Å²) in [5.41, 5.74) is -0.380. The van der Waals surface area contributed by atoms with Crippen molar-refractivity contribution in [3.05, 3.63) is 11.5 Å². The topological polar surface area (TPSA) is 86.9 Å². The van der Waals surface area contributed by atoms with Gasteiger partial charge >= 0.3 is 0 Å². The van der Waals surface area contributed by atoms with Gasteiger partial charge in [-0.1, -0.05) is 5.16 Å². The lowest BCUT2D eigenvalue weighted by molar-refractivity contribution is 0.0263. The van der Waals surface area contributed by atoms with Crippen LogP contribution in [0.1, 0.15) is 25.3 Å². The van der Waals surface area contributed by atoms with E-state index >= 15 is 0 Å². The highest BCUT2D eigenvalue weighted by Gasteiger charge is 2.34. The van der Waals surface area contributed by atoms with Crippen molar-refractivity contribution >= 4 is 10.0 Å². The van der Waals surface area contributed by atoms with Crippen molar-refractivity contribution in [2.45, 2.75) is 38.2 Å². The van der Waals surface area contributed by atoms with Crippen LogP contribution in [0.5, 0.6) is 0 Å². The maximum absolute atomic E-state index is 12.6. The Balaban J connectivity index is 2.08. The largest absolute Gasteiger partial charge is 0.389 e. The first kappa shape index (κ1) is 16.4. The summed E-state index contributed by atoms with van der Waals surface area (Å²) in [5, 5.41) is 13.5. The molecule has 0 atom stereocenters. The van der Waals surface area contributed by atoms with E-state index in [9.17, 15) is 13.5 Å². The number of nitrogens with zero attached hydrogens (tertiary/aromatic N) is 3. The number of aryl methyl sites for hydroxylation is 2. The Bertz CT molecular complexity index is 576. The van der Waals surface area contributed by atoms with E-state index < -0.39 is 15.6 Å². The molecule has 1 aromatic rings. The average Bonchev–Trinajstić information content (AvgIpc) is 2.68. The summed E-state index contributed by atoms with van der Waals surface area (Å²) in [6, 6.07) is 0. The van der Waals surface area contributed by atoms with Gasteiger partial charge in [-0.05, 0) is 27.7 Å². The molecule has 21 heavy (non-hydrogen) atoms. The van der Waals surface area contributed by atoms with Crippen molar-refractivity contribution in [3.8, 4) is 0 Å². The summed E-state index contributed by atoms with van der Waals surface area (Å²) in [6.07, 6.45) is 0. The van der Waals surface area contributed by atoms with E-state index in [-0.39, 0.29) is 4.90 Å². The van der Waals surface area contributed by atoms with Crippen LogP contribution in [0.4, 0.5) is 0 Å². The standard InChI is InChI=1S/C13H23N3O4S/c1-10-12(11(2)20-14-10)21(18,19)16-7-5-15(6-8-16)9-13(3,4)17/h17H,5-9H2,1-4H3. The van der Waals surface area contributed by atoms with Crippen molar-refractivity contribution in [1.29, 1.82) is 0 Å². The zero-order valence-corrected chi connectivity index (χ0v) is 13.8. The molecular formula is C13H23N3O4S. The number of sulfonamides is 1. The van der Waals surface area contributed by atoms with Crippen molar-refractivity contribution in [1.82, 2.24) is 14.4 Å². The fourth-order valence-corrected chi connectivity index (χ4v) is 4.36. The molecule has 1 fully saturated rings. The summed E-state index contributed by atoms with van der Waals surface area (Å²) in [5.74, 6) is 0.325. The SMILES string of the molecule is Cc1noc(C)c1S(=O)(=O)N1CCN(CC(C)(C)O)CC1. The first-order chi connectivity index (χ1) is 9.61. The van der Waals surface area contributed by atoms with Crippen LogP contribution in [0.2, 0.25) is 0 Å². The van der Waals surface area contributed by atoms with E-state index in [2.05, 4.69) is 10.1 Å². The average molecular weight is 317 g/mol. The molecule has 0 aromatic carbocycles. The normalized spacial score (nSPS) is 19.1. The highest BCUT2D eigenvalue weighted by atomic mass is 32.2. The molecule has 2 rings (SSSR count). The minimum atomic E-state index is -3.56. The number of β-amino-alcohol motifs (C(OH)–C–C–N with tert-alkyl or cyclic N) is 1. The Kier molecular flexibility index (Phi) is 4.44. The van der Waals surface area contributed by atoms with Crippen molar-refractivity contribution in [2.75, 3.05) is 32.7 Å². The van der Waals surface area contributed by atoms with Gasteiger partial charge in [0.1, 0.15) is 10.6 Å². The van der Waals surface area contributed by atoms with E-state index in [1.165, 1.54) is 4.31 Å². The third-order valence-electron chi connectivity index (χ3n) is 3.51. The van der Waals surface area contributed by atoms with Gasteiger partial charge in [0.25, 0.3) is 0 Å². The zero-order chi connectivity index (χ0) is 15.8. The minimum Gasteiger partial charge on any atom is -0.389 e. The molecule has 0 bridgehead atoms. The predicted molar refractivity (Wildman–Crippen MR) is 77.5 cm³/mol. The number of hydrogen-bond donors (Lipinski definition) is 1. The predicted octanol–water partition coefficient (Wildman–Crippen LogP) is 0.369. The molecular weight excluding hydrogens is 294 g/mol. The molecule has 0 aliphatic carbocycles. The van der Waals surface area contributed by atoms with E-state index in [4.69, 9.17) is 4.52 Å². The van der Waals surface area contributed by atoms with Gasteiger partial charge < -0.3 is 9.63 Å². The van der Waals surface area contributed by atoms with Crippen LogP contribution < -0.4 is 0 Å². The molecule has 1 aliphatic heterocycles. The first-order valence-electron chi connectivity index (χ1n) is 6.99. The highest BCUT2D eigenvalue weighted by molar-refractivity contribution is 7.89. The molecule has 0 spiro atoms. The molecule has 1 N–H and O–H groups in total. The molecule has 1 aliphatic rings. The summed E-state index contributed by atoms with van der Waals surface area (Å²) in [4.78, 5) is 2.25. The second-order valence-corrected chi connectivity index (χ2v) is 8.02. The second-order valence-electron chi connectivity index (χ2n) is 6.15. The van der Waals surface area contributed by atoms with Crippen LogP contribution in [0, 0.1) is 13.8 Å². The Morgan fingerprint density at radius 3 is 2.24 bits per heavy atom. The van der Waals surface area contributed by atoms with E-state index in [0.29, 0.717) is 44.2 Å². The van der Waals surface area contributed by atoms with Crippen LogP contribution in [-0.2, 0) is 10.0 Å². The third-order valence-corrected chi connectivity index (χ3v) is 5.65. The maximum atomic E-state index is 12.6. The fourth-order valence-electron chi connectivity index (χ4n) is 2.65. The maximum Gasteiger partial charge on any atom is 0.248 e. The Labute approximate surface area is 125 Å². The van der Waals surface area contributed by atoms with Crippen molar-refractivity contribution in [2.24, 2.45) is 0 Å². The number of aromatic nitrogens is 1. The molecule has 2 heterocycles. The molecule has 1 saturated heterocycles. The van der Waals surface area contributed by atoms with Crippen LogP contribution in [-0.4, -0.2) is 66.2 Å². The monoisotopic (exact) mass is 317 g/mol. The van der Waals surface area contributed by atoms with Gasteiger partial charge in [0.2, 0.25) is 10.0 Å². The quantitative estimate of drug-likeness (QED) is 0.863. The molecule has 0 saturated carbocycles. The smallest absolute Gasteiger partial charge is 0.248 e. The number of aliphatic hydroxyl groups is 1. The Morgan fingerprint density at radius 2 is 1.81 bits per heavy atom. The summed E-state index contributed by atoms with van der Waals surface area (Å²) in [7, 11) is -3.56. The molecule has 0 amide bonds. The van der Waals surface area contributed by atoms with Gasteiger partial charge in [-0.2, -0.15) is 4.31 Å². The third kappa shape index (κ3) is 3.63. The fraction of sp³-hybridized carbons (Fsp3) is 0.769. The molecule has 8 heteroatoms. The molecule has 120 valence electrons. The van der Waals surface area contributed by atoms with Gasteiger partial charge in [-0.25, -0.2) is 8.42 Å². The number of hydrogen-bond acceptors (Lipinski definition) is 6. The van der Waals surface area contributed by atoms with E-state index in [1.54, 1.807) is 27.7 Å². The molecule has 7 nitrogen and oxygen atoms in total. The van der Waals surface area contributed by atoms with Gasteiger partial charge in [0, 0.05) is 32.7 Å². The zero-order valence-electron chi connectivity index (χ0n) is 13.0. The Morgan fingerprint density at radius 1 is 1.24 bits per heavy atom. The minimum absolute atomic E-state index is 0.179. The molecule has 0 unspecified atom stereocenters. The molecule has 0 radical (unpaired) electrons. The number of rotatable bonds is 4. The van der Waals surface area contributed by atoms with E-state index in [0.717, 1.165) is 0 Å². The Hall–Kier alpha value is -0.960. The van der Waals surface area contributed by atoms with Gasteiger partial charge in [0.05, 0.1) is 5.60 Å². The van der Waals surface area contributed by atoms with Gasteiger partial charge in [0.15, 0.2) is 5.76 Å².